The molecular formula is C15H27N5O2. The van der Waals surface area contributed by atoms with Crippen LogP contribution in [0.1, 0.15) is 44.7 Å². The first-order chi connectivity index (χ1) is 10.5. The molecule has 0 aliphatic carbocycles. The fourth-order valence-corrected chi connectivity index (χ4v) is 3.22. The lowest BCUT2D eigenvalue weighted by atomic mass is 10.0. The topological polar surface area (TPSA) is 76.2 Å². The van der Waals surface area contributed by atoms with Crippen molar-refractivity contribution in [1.29, 1.82) is 0 Å². The summed E-state index contributed by atoms with van der Waals surface area (Å²) in [7, 11) is 1.75. The molecule has 1 fully saturated rings. The van der Waals surface area contributed by atoms with Gasteiger partial charge in [0.05, 0.1) is 4.92 Å². The van der Waals surface area contributed by atoms with Crippen LogP contribution in [-0.2, 0) is 7.05 Å². The molecule has 1 aromatic rings. The van der Waals surface area contributed by atoms with E-state index < -0.39 is 0 Å². The largest absolute Gasteiger partial charge is 0.363 e. The Hall–Kier alpha value is -1.63. The van der Waals surface area contributed by atoms with E-state index >= 15 is 0 Å². The lowest BCUT2D eigenvalue weighted by Crippen LogP contribution is -2.44. The molecule has 2 heterocycles. The molecule has 1 aliphatic rings. The number of piperidine rings is 1. The number of likely N-dealkylation sites (tertiary alicyclic amines) is 1. The summed E-state index contributed by atoms with van der Waals surface area (Å²) >= 11 is 0. The Balaban J connectivity index is 2.03. The summed E-state index contributed by atoms with van der Waals surface area (Å²) < 4.78 is 1.58. The van der Waals surface area contributed by atoms with E-state index in [0.29, 0.717) is 17.6 Å². The van der Waals surface area contributed by atoms with Crippen molar-refractivity contribution in [2.75, 3.05) is 25.0 Å². The average Bonchev–Trinajstić information content (AvgIpc) is 2.77. The normalized spacial score (nSPS) is 19.3. The first-order valence-electron chi connectivity index (χ1n) is 8.20. The maximum atomic E-state index is 11.2. The van der Waals surface area contributed by atoms with Gasteiger partial charge in [0.1, 0.15) is 5.69 Å². The zero-order chi connectivity index (χ0) is 16.1. The van der Waals surface area contributed by atoms with Gasteiger partial charge in [0.15, 0.2) is 0 Å². The standard InChI is InChI=1S/C15H27N5O2/c1-4-5-9-19-10-7-6-8-13(19)11-16-15-14(20(21)22)12(2)17-18(15)3/h13,16H,4-11H2,1-3H3. The van der Waals surface area contributed by atoms with E-state index in [2.05, 4.69) is 22.2 Å². The van der Waals surface area contributed by atoms with Gasteiger partial charge in [0, 0.05) is 19.6 Å². The van der Waals surface area contributed by atoms with Gasteiger partial charge in [-0.15, -0.1) is 0 Å². The molecule has 7 nitrogen and oxygen atoms in total. The number of nitrogens with one attached hydrogen (secondary N) is 1. The highest BCUT2D eigenvalue weighted by atomic mass is 16.6. The maximum Gasteiger partial charge on any atom is 0.333 e. The highest BCUT2D eigenvalue weighted by Gasteiger charge is 2.26. The smallest absolute Gasteiger partial charge is 0.333 e. The molecule has 7 heteroatoms. The first-order valence-corrected chi connectivity index (χ1v) is 8.20. The number of nitro groups is 1. The zero-order valence-electron chi connectivity index (χ0n) is 13.8. The molecule has 1 N–H and O–H groups in total. The second-order valence-corrected chi connectivity index (χ2v) is 6.08. The van der Waals surface area contributed by atoms with Crippen LogP contribution in [0, 0.1) is 17.0 Å². The van der Waals surface area contributed by atoms with Crippen molar-refractivity contribution in [2.45, 2.75) is 52.0 Å². The second kappa shape index (κ2) is 7.58. The second-order valence-electron chi connectivity index (χ2n) is 6.08. The Kier molecular flexibility index (Phi) is 5.76. The monoisotopic (exact) mass is 309 g/mol. The number of nitrogens with zero attached hydrogens (tertiary/aromatic N) is 4. The molecule has 0 bridgehead atoms. The predicted molar refractivity (Wildman–Crippen MR) is 87.2 cm³/mol. The molecule has 0 radical (unpaired) electrons. The van der Waals surface area contributed by atoms with Gasteiger partial charge in [0.25, 0.3) is 0 Å². The molecule has 0 aromatic carbocycles. The SMILES string of the molecule is CCCCN1CCCCC1CNc1c([N+](=O)[O-])c(C)nn1C. The zero-order valence-corrected chi connectivity index (χ0v) is 13.8. The van der Waals surface area contributed by atoms with E-state index in [-0.39, 0.29) is 10.6 Å². The predicted octanol–water partition coefficient (Wildman–Crippen LogP) is 2.70. The number of hydrogen-bond donors (Lipinski definition) is 1. The Morgan fingerprint density at radius 2 is 2.23 bits per heavy atom. The van der Waals surface area contributed by atoms with Crippen molar-refractivity contribution in [3.63, 3.8) is 0 Å². The Morgan fingerprint density at radius 3 is 2.91 bits per heavy atom. The summed E-state index contributed by atoms with van der Waals surface area (Å²) in [6.07, 6.45) is 6.05. The minimum atomic E-state index is -0.347. The highest BCUT2D eigenvalue weighted by molar-refractivity contribution is 5.59. The van der Waals surface area contributed by atoms with Crippen molar-refractivity contribution in [3.05, 3.63) is 15.8 Å². The summed E-state index contributed by atoms with van der Waals surface area (Å²) in [6, 6.07) is 0.454. The van der Waals surface area contributed by atoms with Crippen LogP contribution in [-0.4, -0.2) is 45.3 Å². The van der Waals surface area contributed by atoms with Gasteiger partial charge in [-0.3, -0.25) is 15.0 Å². The van der Waals surface area contributed by atoms with Crippen LogP contribution < -0.4 is 5.32 Å². The maximum absolute atomic E-state index is 11.2. The van der Waals surface area contributed by atoms with Crippen molar-refractivity contribution < 1.29 is 4.92 Å². The summed E-state index contributed by atoms with van der Waals surface area (Å²) in [5, 5.41) is 18.7. The van der Waals surface area contributed by atoms with Gasteiger partial charge in [-0.1, -0.05) is 19.8 Å². The van der Waals surface area contributed by atoms with Crippen molar-refractivity contribution in [2.24, 2.45) is 7.05 Å². The van der Waals surface area contributed by atoms with Crippen LogP contribution in [0.3, 0.4) is 0 Å². The molecule has 22 heavy (non-hydrogen) atoms. The summed E-state index contributed by atoms with van der Waals surface area (Å²) in [4.78, 5) is 13.4. The lowest BCUT2D eigenvalue weighted by molar-refractivity contribution is -0.384. The van der Waals surface area contributed by atoms with Crippen LogP contribution in [0.2, 0.25) is 0 Å². The van der Waals surface area contributed by atoms with Gasteiger partial charge in [0.2, 0.25) is 5.82 Å². The fraction of sp³-hybridized carbons (Fsp3) is 0.800. The van der Waals surface area contributed by atoms with E-state index in [1.165, 1.54) is 25.7 Å². The Morgan fingerprint density at radius 1 is 1.45 bits per heavy atom. The van der Waals surface area contributed by atoms with Crippen molar-refractivity contribution in [1.82, 2.24) is 14.7 Å². The van der Waals surface area contributed by atoms with E-state index in [9.17, 15) is 10.1 Å². The van der Waals surface area contributed by atoms with E-state index in [1.54, 1.807) is 18.7 Å². The molecule has 0 spiro atoms. The van der Waals surface area contributed by atoms with Crippen LogP contribution in [0.15, 0.2) is 0 Å². The minimum Gasteiger partial charge on any atom is -0.363 e. The summed E-state index contributed by atoms with van der Waals surface area (Å²) in [5.74, 6) is 0.517. The molecule has 1 aliphatic heterocycles. The third-order valence-corrected chi connectivity index (χ3v) is 4.43. The average molecular weight is 309 g/mol. The van der Waals surface area contributed by atoms with Crippen molar-refractivity contribution >= 4 is 11.5 Å². The number of hydrogen-bond acceptors (Lipinski definition) is 5. The van der Waals surface area contributed by atoms with Gasteiger partial charge < -0.3 is 5.32 Å². The number of aryl methyl sites for hydroxylation is 2. The Bertz CT molecular complexity index is 514. The van der Waals surface area contributed by atoms with E-state index in [0.717, 1.165) is 26.1 Å². The van der Waals surface area contributed by atoms with E-state index in [4.69, 9.17) is 0 Å². The molecule has 1 saturated heterocycles. The molecule has 0 saturated carbocycles. The quantitative estimate of drug-likeness (QED) is 0.619. The fourth-order valence-electron chi connectivity index (χ4n) is 3.22. The van der Waals surface area contributed by atoms with E-state index in [1.807, 2.05) is 0 Å². The van der Waals surface area contributed by atoms with Crippen LogP contribution >= 0.6 is 0 Å². The van der Waals surface area contributed by atoms with Gasteiger partial charge in [-0.2, -0.15) is 5.10 Å². The molecule has 0 amide bonds. The third kappa shape index (κ3) is 3.76. The first kappa shape index (κ1) is 16.7. The van der Waals surface area contributed by atoms with Crippen molar-refractivity contribution in [3.8, 4) is 0 Å². The minimum absolute atomic E-state index is 0.0958. The number of unbranched alkanes of at least 4 members (excludes halogenated alkanes) is 1. The number of aromatic nitrogens is 2. The van der Waals surface area contributed by atoms with Crippen LogP contribution in [0.25, 0.3) is 0 Å². The van der Waals surface area contributed by atoms with Gasteiger partial charge >= 0.3 is 5.69 Å². The molecule has 1 unspecified atom stereocenters. The molecule has 1 atom stereocenters. The summed E-state index contributed by atoms with van der Waals surface area (Å²) in [5.41, 5.74) is 0.555. The van der Waals surface area contributed by atoms with Crippen LogP contribution in [0.5, 0.6) is 0 Å². The molecule has 124 valence electrons. The number of rotatable bonds is 7. The lowest BCUT2D eigenvalue weighted by Gasteiger charge is -2.35. The molecule has 2 rings (SSSR count). The van der Waals surface area contributed by atoms with Gasteiger partial charge in [-0.05, 0) is 39.3 Å². The molecule has 1 aromatic heterocycles. The molecular weight excluding hydrogens is 282 g/mol. The summed E-state index contributed by atoms with van der Waals surface area (Å²) in [6.45, 7) is 6.88. The highest BCUT2D eigenvalue weighted by Crippen LogP contribution is 2.28. The van der Waals surface area contributed by atoms with Gasteiger partial charge in [-0.25, -0.2) is 4.68 Å². The number of anilines is 1. The third-order valence-electron chi connectivity index (χ3n) is 4.43. The Labute approximate surface area is 131 Å². The van der Waals surface area contributed by atoms with Crippen LogP contribution in [0.4, 0.5) is 11.5 Å².